The fourth-order valence-electron chi connectivity index (χ4n) is 2.59. The van der Waals surface area contributed by atoms with Gasteiger partial charge in [0.1, 0.15) is 0 Å². The molecule has 1 N–H and O–H groups in total. The van der Waals surface area contributed by atoms with Crippen molar-refractivity contribution in [2.24, 2.45) is 5.92 Å². The van der Waals surface area contributed by atoms with Gasteiger partial charge >= 0.3 is 0 Å². The van der Waals surface area contributed by atoms with Crippen LogP contribution in [0.15, 0.2) is 12.1 Å². The van der Waals surface area contributed by atoms with Crippen LogP contribution in [0.1, 0.15) is 39.0 Å². The Kier molecular flexibility index (Phi) is 4.74. The van der Waals surface area contributed by atoms with Crippen molar-refractivity contribution in [3.63, 3.8) is 0 Å². The predicted molar refractivity (Wildman–Crippen MR) is 76.1 cm³/mol. The molecule has 1 aromatic carbocycles. The second kappa shape index (κ2) is 6.12. The molecule has 0 atom stereocenters. The molecule has 100 valence electrons. The van der Waals surface area contributed by atoms with Gasteiger partial charge in [-0.2, -0.15) is 0 Å². The van der Waals surface area contributed by atoms with Gasteiger partial charge in [0.25, 0.3) is 0 Å². The van der Waals surface area contributed by atoms with Gasteiger partial charge in [-0.3, -0.25) is 0 Å². The van der Waals surface area contributed by atoms with Crippen LogP contribution in [0.25, 0.3) is 0 Å². The molecule has 1 aliphatic rings. The van der Waals surface area contributed by atoms with E-state index in [9.17, 15) is 4.39 Å². The van der Waals surface area contributed by atoms with Gasteiger partial charge < -0.3 is 5.32 Å². The van der Waals surface area contributed by atoms with Gasteiger partial charge in [0.15, 0.2) is 5.82 Å². The van der Waals surface area contributed by atoms with Gasteiger partial charge in [-0.05, 0) is 43.7 Å². The Morgan fingerprint density at radius 2 is 1.72 bits per heavy atom. The Labute approximate surface area is 118 Å². The number of hydrogen-bond donors (Lipinski definition) is 1. The molecule has 0 bridgehead atoms. The zero-order valence-corrected chi connectivity index (χ0v) is 12.0. The molecule has 0 amide bonds. The highest BCUT2D eigenvalue weighted by molar-refractivity contribution is 6.35. The van der Waals surface area contributed by atoms with Crippen molar-refractivity contribution < 1.29 is 4.39 Å². The molecule has 1 nitrogen and oxygen atoms in total. The van der Waals surface area contributed by atoms with E-state index in [-0.39, 0.29) is 10.0 Å². The molecule has 1 saturated carbocycles. The molecule has 18 heavy (non-hydrogen) atoms. The van der Waals surface area contributed by atoms with Gasteiger partial charge in [-0.25, -0.2) is 4.39 Å². The van der Waals surface area contributed by atoms with Crippen LogP contribution in [-0.4, -0.2) is 6.04 Å². The first-order valence-corrected chi connectivity index (χ1v) is 7.26. The molecular formula is C14H18Cl2FN. The van der Waals surface area contributed by atoms with E-state index in [0.29, 0.717) is 6.04 Å². The standard InChI is InChI=1S/C14H18Cl2FN/c1-2-9-3-5-10(6-4-9)18-11-7-12(15)14(17)13(16)8-11/h7-10,18H,2-6H2,1H3. The van der Waals surface area contributed by atoms with Crippen LogP contribution in [0.3, 0.4) is 0 Å². The number of nitrogens with one attached hydrogen (secondary N) is 1. The Morgan fingerprint density at radius 1 is 1.17 bits per heavy atom. The van der Waals surface area contributed by atoms with Crippen molar-refractivity contribution in [3.8, 4) is 0 Å². The van der Waals surface area contributed by atoms with Crippen LogP contribution in [0.4, 0.5) is 10.1 Å². The highest BCUT2D eigenvalue weighted by atomic mass is 35.5. The summed E-state index contributed by atoms with van der Waals surface area (Å²) >= 11 is 11.6. The molecule has 0 aromatic heterocycles. The summed E-state index contributed by atoms with van der Waals surface area (Å²) in [4.78, 5) is 0. The van der Waals surface area contributed by atoms with Crippen LogP contribution in [0.2, 0.25) is 10.0 Å². The van der Waals surface area contributed by atoms with Gasteiger partial charge in [0.05, 0.1) is 10.0 Å². The highest BCUT2D eigenvalue weighted by Crippen LogP contribution is 2.31. The summed E-state index contributed by atoms with van der Waals surface area (Å²) in [7, 11) is 0. The van der Waals surface area contributed by atoms with Crippen LogP contribution in [0.5, 0.6) is 0 Å². The topological polar surface area (TPSA) is 12.0 Å². The Morgan fingerprint density at radius 3 is 2.22 bits per heavy atom. The van der Waals surface area contributed by atoms with Crippen molar-refractivity contribution in [3.05, 3.63) is 28.0 Å². The highest BCUT2D eigenvalue weighted by Gasteiger charge is 2.20. The van der Waals surface area contributed by atoms with Crippen molar-refractivity contribution in [2.75, 3.05) is 5.32 Å². The zero-order chi connectivity index (χ0) is 13.1. The monoisotopic (exact) mass is 289 g/mol. The van der Waals surface area contributed by atoms with Crippen molar-refractivity contribution >= 4 is 28.9 Å². The molecule has 0 saturated heterocycles. The first kappa shape index (κ1) is 14.0. The van der Waals surface area contributed by atoms with Crippen molar-refractivity contribution in [2.45, 2.75) is 45.1 Å². The first-order valence-electron chi connectivity index (χ1n) is 6.51. The second-order valence-electron chi connectivity index (χ2n) is 5.02. The maximum absolute atomic E-state index is 13.3. The van der Waals surface area contributed by atoms with Gasteiger partial charge in [0, 0.05) is 11.7 Å². The third-order valence-electron chi connectivity index (χ3n) is 3.78. The minimum Gasteiger partial charge on any atom is -0.382 e. The van der Waals surface area contributed by atoms with Gasteiger partial charge in [0.2, 0.25) is 0 Å². The summed E-state index contributed by atoms with van der Waals surface area (Å²) in [6, 6.07) is 3.66. The zero-order valence-electron chi connectivity index (χ0n) is 10.5. The molecule has 4 heteroatoms. The molecule has 1 fully saturated rings. The first-order chi connectivity index (χ1) is 8.60. The van der Waals surface area contributed by atoms with E-state index in [4.69, 9.17) is 23.2 Å². The SMILES string of the molecule is CCC1CCC(Nc2cc(Cl)c(F)c(Cl)c2)CC1. The molecule has 0 spiro atoms. The normalized spacial score (nSPS) is 24.0. The smallest absolute Gasteiger partial charge is 0.160 e. The molecule has 0 radical (unpaired) electrons. The summed E-state index contributed by atoms with van der Waals surface area (Å²) in [6.45, 7) is 2.25. The van der Waals surface area contributed by atoms with E-state index in [1.54, 1.807) is 12.1 Å². The minimum atomic E-state index is -0.543. The Bertz CT molecular complexity index is 391. The molecular weight excluding hydrogens is 272 g/mol. The molecule has 1 aliphatic carbocycles. The lowest BCUT2D eigenvalue weighted by atomic mass is 9.84. The average molecular weight is 290 g/mol. The number of rotatable bonds is 3. The summed E-state index contributed by atoms with van der Waals surface area (Å²) in [5.41, 5.74) is 0.811. The average Bonchev–Trinajstić information content (AvgIpc) is 2.37. The molecule has 0 unspecified atom stereocenters. The maximum atomic E-state index is 13.3. The third-order valence-corrected chi connectivity index (χ3v) is 4.33. The summed E-state index contributed by atoms with van der Waals surface area (Å²) in [5.74, 6) is 0.321. The molecule has 1 aromatic rings. The van der Waals surface area contributed by atoms with Crippen molar-refractivity contribution in [1.29, 1.82) is 0 Å². The van der Waals surface area contributed by atoms with Crippen LogP contribution in [0, 0.1) is 11.7 Å². The van der Waals surface area contributed by atoms with E-state index in [2.05, 4.69) is 12.2 Å². The van der Waals surface area contributed by atoms with Crippen LogP contribution in [-0.2, 0) is 0 Å². The maximum Gasteiger partial charge on any atom is 0.160 e. The molecule has 0 aliphatic heterocycles. The van der Waals surface area contributed by atoms with Crippen LogP contribution < -0.4 is 5.32 Å². The van der Waals surface area contributed by atoms with Gasteiger partial charge in [-0.1, -0.05) is 36.5 Å². The molecule has 2 rings (SSSR count). The Balaban J connectivity index is 1.98. The van der Waals surface area contributed by atoms with E-state index in [0.717, 1.165) is 24.4 Å². The second-order valence-corrected chi connectivity index (χ2v) is 5.84. The minimum absolute atomic E-state index is 0.0762. The van der Waals surface area contributed by atoms with Crippen molar-refractivity contribution in [1.82, 2.24) is 0 Å². The van der Waals surface area contributed by atoms with E-state index in [1.807, 2.05) is 0 Å². The van der Waals surface area contributed by atoms with E-state index < -0.39 is 5.82 Å². The lowest BCUT2D eigenvalue weighted by Gasteiger charge is -2.29. The number of anilines is 1. The Hall–Kier alpha value is -0.470. The summed E-state index contributed by atoms with van der Waals surface area (Å²) in [5, 5.41) is 3.55. The lowest BCUT2D eigenvalue weighted by molar-refractivity contribution is 0.330. The number of hydrogen-bond acceptors (Lipinski definition) is 1. The summed E-state index contributed by atoms with van der Waals surface area (Å²) < 4.78 is 13.3. The molecule has 0 heterocycles. The quantitative estimate of drug-likeness (QED) is 0.723. The largest absolute Gasteiger partial charge is 0.382 e. The predicted octanol–water partition coefficient (Wildman–Crippen LogP) is 5.51. The lowest BCUT2D eigenvalue weighted by Crippen LogP contribution is -2.25. The van der Waals surface area contributed by atoms with E-state index >= 15 is 0 Å². The van der Waals surface area contributed by atoms with E-state index in [1.165, 1.54) is 19.3 Å². The van der Waals surface area contributed by atoms with Gasteiger partial charge in [-0.15, -0.1) is 0 Å². The van der Waals surface area contributed by atoms with Crippen LogP contribution >= 0.6 is 23.2 Å². The number of halogens is 3. The third kappa shape index (κ3) is 3.30. The fraction of sp³-hybridized carbons (Fsp3) is 0.571. The summed E-state index contributed by atoms with van der Waals surface area (Å²) in [6.07, 6.45) is 6.10. The number of benzene rings is 1. The fourth-order valence-corrected chi connectivity index (χ4v) is 3.08.